The van der Waals surface area contributed by atoms with E-state index in [1.165, 1.54) is 0 Å². The third kappa shape index (κ3) is 5.49. The van der Waals surface area contributed by atoms with E-state index in [9.17, 15) is 27.6 Å². The van der Waals surface area contributed by atoms with E-state index >= 15 is 0 Å². The first kappa shape index (κ1) is 26.4. The van der Waals surface area contributed by atoms with Gasteiger partial charge in [-0.2, -0.15) is 23.3 Å². The lowest BCUT2D eigenvalue weighted by Gasteiger charge is -2.41. The Labute approximate surface area is 221 Å². The van der Waals surface area contributed by atoms with Gasteiger partial charge in [0.05, 0.1) is 6.20 Å². The zero-order valence-corrected chi connectivity index (χ0v) is 20.7. The fourth-order valence-electron chi connectivity index (χ4n) is 4.67. The van der Waals surface area contributed by atoms with E-state index in [4.69, 9.17) is 4.84 Å². The number of nitrogens with one attached hydrogen (secondary N) is 1. The molecule has 1 aromatic heterocycles. The van der Waals surface area contributed by atoms with E-state index in [-0.39, 0.29) is 30.2 Å². The van der Waals surface area contributed by atoms with Gasteiger partial charge in [0, 0.05) is 38.3 Å². The molecule has 0 radical (unpaired) electrons. The number of piperazine rings is 1. The standard InChI is InChI=1S/C26H25F3N6O4/c27-26(28,29)24(38)39-35-20-15-31-34(17-21(36)19-9-5-2-6-10-19)23(37)22(20)33(16-18-7-3-1-4-8-18)25(35)32-13-11-30-12-14-32/h1-10,15,25,30H,11-14,16-17H2. The number of hydrogen-bond donors (Lipinski definition) is 1. The lowest BCUT2D eigenvalue weighted by Crippen LogP contribution is -2.60. The maximum Gasteiger partial charge on any atom is 0.493 e. The minimum atomic E-state index is -5.26. The van der Waals surface area contributed by atoms with Gasteiger partial charge in [0.25, 0.3) is 5.56 Å². The average Bonchev–Trinajstić information content (AvgIpc) is 3.24. The number of carbonyl (C=O) groups is 2. The zero-order chi connectivity index (χ0) is 27.6. The molecular formula is C26H25F3N6O4. The van der Waals surface area contributed by atoms with Gasteiger partial charge in [-0.25, -0.2) is 9.48 Å². The minimum absolute atomic E-state index is 0.0202. The average molecular weight is 543 g/mol. The van der Waals surface area contributed by atoms with Crippen LogP contribution in [0.1, 0.15) is 15.9 Å². The number of anilines is 2. The van der Waals surface area contributed by atoms with Crippen molar-refractivity contribution in [2.75, 3.05) is 36.1 Å². The van der Waals surface area contributed by atoms with Crippen molar-refractivity contribution >= 4 is 23.1 Å². The van der Waals surface area contributed by atoms with Crippen LogP contribution in [-0.2, 0) is 22.7 Å². The van der Waals surface area contributed by atoms with E-state index in [1.807, 2.05) is 23.1 Å². The van der Waals surface area contributed by atoms with Crippen LogP contribution in [0.5, 0.6) is 0 Å². The Morgan fingerprint density at radius 2 is 1.64 bits per heavy atom. The van der Waals surface area contributed by atoms with Crippen LogP contribution in [-0.4, -0.2) is 65.1 Å². The summed E-state index contributed by atoms with van der Waals surface area (Å²) in [6.45, 7) is 1.66. The van der Waals surface area contributed by atoms with Crippen LogP contribution in [0, 0.1) is 0 Å². The number of benzene rings is 2. The topological polar surface area (TPSA) is 100 Å². The monoisotopic (exact) mass is 542 g/mol. The highest BCUT2D eigenvalue weighted by Gasteiger charge is 2.49. The van der Waals surface area contributed by atoms with Gasteiger partial charge in [0.15, 0.2) is 12.1 Å². The maximum atomic E-state index is 13.8. The Hall–Kier alpha value is -4.23. The highest BCUT2D eigenvalue weighted by atomic mass is 19.4. The van der Waals surface area contributed by atoms with Crippen LogP contribution >= 0.6 is 0 Å². The van der Waals surface area contributed by atoms with Crippen molar-refractivity contribution in [2.24, 2.45) is 0 Å². The first-order valence-corrected chi connectivity index (χ1v) is 12.3. The Balaban J connectivity index is 1.59. The molecule has 0 bridgehead atoms. The Bertz CT molecular complexity index is 1390. The van der Waals surface area contributed by atoms with Gasteiger partial charge in [-0.1, -0.05) is 60.7 Å². The van der Waals surface area contributed by atoms with E-state index in [0.29, 0.717) is 31.7 Å². The van der Waals surface area contributed by atoms with Crippen LogP contribution in [0.2, 0.25) is 0 Å². The third-order valence-electron chi connectivity index (χ3n) is 6.49. The molecule has 1 N–H and O–H groups in total. The normalized spacial score (nSPS) is 17.7. The second-order valence-corrected chi connectivity index (χ2v) is 9.08. The molecule has 2 aliphatic rings. The number of halogens is 3. The summed E-state index contributed by atoms with van der Waals surface area (Å²) in [5.41, 5.74) is 0.343. The number of hydroxylamine groups is 1. The molecule has 2 aromatic carbocycles. The number of rotatable bonds is 7. The van der Waals surface area contributed by atoms with Crippen molar-refractivity contribution in [1.29, 1.82) is 0 Å². The summed E-state index contributed by atoms with van der Waals surface area (Å²) in [6.07, 6.45) is -5.16. The second-order valence-electron chi connectivity index (χ2n) is 9.08. The van der Waals surface area contributed by atoms with Gasteiger partial charge in [-0.05, 0) is 5.56 Å². The number of hydrogen-bond acceptors (Lipinski definition) is 9. The number of nitrogens with zero attached hydrogens (tertiary/aromatic N) is 5. The predicted octanol–water partition coefficient (Wildman–Crippen LogP) is 2.16. The third-order valence-corrected chi connectivity index (χ3v) is 6.49. The zero-order valence-electron chi connectivity index (χ0n) is 20.7. The molecule has 0 aliphatic carbocycles. The fourth-order valence-corrected chi connectivity index (χ4v) is 4.67. The lowest BCUT2D eigenvalue weighted by molar-refractivity contribution is -0.203. The van der Waals surface area contributed by atoms with Crippen molar-refractivity contribution in [3.8, 4) is 0 Å². The Morgan fingerprint density at radius 3 is 2.28 bits per heavy atom. The van der Waals surface area contributed by atoms with Crippen molar-refractivity contribution in [1.82, 2.24) is 20.0 Å². The largest absolute Gasteiger partial charge is 0.493 e. The van der Waals surface area contributed by atoms with Gasteiger partial charge in [-0.15, -0.1) is 0 Å². The minimum Gasteiger partial charge on any atom is -0.329 e. The molecule has 10 nitrogen and oxygen atoms in total. The Kier molecular flexibility index (Phi) is 7.35. The summed E-state index contributed by atoms with van der Waals surface area (Å²) in [5, 5.41) is 8.05. The van der Waals surface area contributed by atoms with Crippen LogP contribution in [0.25, 0.3) is 0 Å². The molecule has 2 aliphatic heterocycles. The predicted molar refractivity (Wildman–Crippen MR) is 135 cm³/mol. The van der Waals surface area contributed by atoms with Crippen LogP contribution in [0.3, 0.4) is 0 Å². The first-order valence-electron chi connectivity index (χ1n) is 12.3. The molecule has 39 heavy (non-hydrogen) atoms. The van der Waals surface area contributed by atoms with Crippen LogP contribution < -0.4 is 20.8 Å². The smallest absolute Gasteiger partial charge is 0.329 e. The second kappa shape index (κ2) is 10.9. The van der Waals surface area contributed by atoms with Gasteiger partial charge in [0.1, 0.15) is 17.9 Å². The number of ketones is 1. The number of alkyl halides is 3. The Morgan fingerprint density at radius 1 is 1.00 bits per heavy atom. The molecule has 3 heterocycles. The summed E-state index contributed by atoms with van der Waals surface area (Å²) in [6, 6.07) is 17.4. The van der Waals surface area contributed by atoms with E-state index in [0.717, 1.165) is 21.5 Å². The molecule has 1 unspecified atom stereocenters. The molecule has 5 rings (SSSR count). The number of aromatic nitrogens is 2. The molecule has 0 spiro atoms. The molecule has 1 fully saturated rings. The van der Waals surface area contributed by atoms with Crippen molar-refractivity contribution in [3.05, 3.63) is 88.3 Å². The highest BCUT2D eigenvalue weighted by Crippen LogP contribution is 2.40. The molecule has 1 saturated heterocycles. The van der Waals surface area contributed by atoms with Crippen LogP contribution in [0.4, 0.5) is 24.5 Å². The number of Topliss-reactive ketones (excluding diaryl/α,β-unsaturated/α-hetero) is 1. The SMILES string of the molecule is O=C(Cn1ncc2c(c1=O)N(Cc1ccccc1)C(N1CCNCC1)N2OC(=O)C(F)(F)F)c1ccccc1. The first-order chi connectivity index (χ1) is 18.7. The van der Waals surface area contributed by atoms with Crippen molar-refractivity contribution in [2.45, 2.75) is 25.6 Å². The summed E-state index contributed by atoms with van der Waals surface area (Å²) in [4.78, 5) is 46.9. The van der Waals surface area contributed by atoms with E-state index in [2.05, 4.69) is 10.4 Å². The van der Waals surface area contributed by atoms with E-state index < -0.39 is 24.0 Å². The number of fused-ring (bicyclic) bond motifs is 1. The number of carbonyl (C=O) groups excluding carboxylic acids is 2. The van der Waals surface area contributed by atoms with Crippen molar-refractivity contribution < 1.29 is 27.6 Å². The highest BCUT2D eigenvalue weighted by molar-refractivity contribution is 5.95. The maximum absolute atomic E-state index is 13.8. The van der Waals surface area contributed by atoms with Gasteiger partial charge in [-0.3, -0.25) is 14.5 Å². The van der Waals surface area contributed by atoms with E-state index in [1.54, 1.807) is 47.4 Å². The molecular weight excluding hydrogens is 517 g/mol. The molecule has 204 valence electrons. The van der Waals surface area contributed by atoms with Crippen LogP contribution in [0.15, 0.2) is 71.7 Å². The lowest BCUT2D eigenvalue weighted by atomic mass is 10.1. The van der Waals surface area contributed by atoms with Gasteiger partial charge in [0.2, 0.25) is 0 Å². The van der Waals surface area contributed by atoms with Gasteiger partial charge >= 0.3 is 12.1 Å². The molecule has 1 atom stereocenters. The molecule has 13 heteroatoms. The quantitative estimate of drug-likeness (QED) is 0.451. The summed E-state index contributed by atoms with van der Waals surface area (Å²) < 4.78 is 40.8. The fraction of sp³-hybridized carbons (Fsp3) is 0.308. The summed E-state index contributed by atoms with van der Waals surface area (Å²) >= 11 is 0. The van der Waals surface area contributed by atoms with Gasteiger partial charge < -0.3 is 15.1 Å². The summed E-state index contributed by atoms with van der Waals surface area (Å²) in [5.74, 6) is -2.78. The molecule has 3 aromatic rings. The van der Waals surface area contributed by atoms with Crippen molar-refractivity contribution in [3.63, 3.8) is 0 Å². The molecule has 0 amide bonds. The summed E-state index contributed by atoms with van der Waals surface area (Å²) in [7, 11) is 0. The molecule has 0 saturated carbocycles.